The van der Waals surface area contributed by atoms with Gasteiger partial charge in [-0.1, -0.05) is 70.3 Å². The average Bonchev–Trinajstić information content (AvgIpc) is 2.65. The molecule has 0 bridgehead atoms. The molecule has 0 aromatic rings. The lowest BCUT2D eigenvalue weighted by atomic mass is 10.1. The van der Waals surface area contributed by atoms with Gasteiger partial charge in [0.25, 0.3) is 0 Å². The zero-order valence-electron chi connectivity index (χ0n) is 18.0. The molecule has 0 unspecified atom stereocenters. The molecule has 1 rings (SSSR count). The molecule has 1 N–H and O–H groups in total. The van der Waals surface area contributed by atoms with Gasteiger partial charge in [-0.05, 0) is 13.0 Å². The Bertz CT molecular complexity index is 438. The zero-order valence-corrected chi connectivity index (χ0v) is 19.0. The molecule has 0 spiro atoms. The van der Waals surface area contributed by atoms with Crippen LogP contribution in [0.3, 0.4) is 0 Å². The molecule has 0 heterocycles. The predicted octanol–water partition coefficient (Wildman–Crippen LogP) is 5.74. The first kappa shape index (κ1) is 24.3. The van der Waals surface area contributed by atoms with E-state index in [1.807, 2.05) is 0 Å². The molecule has 0 aromatic carbocycles. The van der Waals surface area contributed by atoms with Crippen molar-refractivity contribution in [3.05, 3.63) is 42.5 Å². The summed E-state index contributed by atoms with van der Waals surface area (Å²) in [5.74, 6) is 0. The van der Waals surface area contributed by atoms with Gasteiger partial charge in [0.05, 0.1) is 14.1 Å². The Morgan fingerprint density at radius 1 is 0.852 bits per heavy atom. The fourth-order valence-electron chi connectivity index (χ4n) is 3.47. The minimum atomic E-state index is 0.924. The average molecular weight is 388 g/mol. The van der Waals surface area contributed by atoms with Gasteiger partial charge in [0.2, 0.25) is 0 Å². The fraction of sp³-hybridized carbons (Fsp3) is 0.708. The topological polar surface area (TPSA) is 12.0 Å². The standard InChI is InChI=1S/C24H43N2Si/c1-26(2,23-24-17-13-12-14-18-24)21-20-25-19-15-10-8-6-4-3-5-7-9-11-16-22-27/h12-14,17-18,23,25H,3-11,15-16,19-22H2,1-2H3/q+2. The monoisotopic (exact) mass is 387 g/mol. The third-order valence-electron chi connectivity index (χ3n) is 5.19. The second kappa shape index (κ2) is 16.2. The van der Waals surface area contributed by atoms with Crippen LogP contribution >= 0.6 is 0 Å². The summed E-state index contributed by atoms with van der Waals surface area (Å²) < 4.78 is 0.924. The molecular weight excluding hydrogens is 344 g/mol. The molecule has 0 aliphatic heterocycles. The summed E-state index contributed by atoms with van der Waals surface area (Å²) in [4.78, 5) is 0. The van der Waals surface area contributed by atoms with Crippen molar-refractivity contribution in [1.29, 1.82) is 0 Å². The minimum absolute atomic E-state index is 0.924. The van der Waals surface area contributed by atoms with Gasteiger partial charge in [-0.15, -0.1) is 0 Å². The first-order valence-corrected chi connectivity index (χ1v) is 11.9. The predicted molar refractivity (Wildman–Crippen MR) is 122 cm³/mol. The van der Waals surface area contributed by atoms with E-state index in [4.69, 9.17) is 0 Å². The Morgan fingerprint density at radius 3 is 2.00 bits per heavy atom. The second-order valence-electron chi connectivity index (χ2n) is 8.43. The number of likely N-dealkylation sites (N-methyl/N-ethyl adjacent to an activating group) is 1. The molecule has 1 aliphatic carbocycles. The summed E-state index contributed by atoms with van der Waals surface area (Å²) >= 11 is 0. The van der Waals surface area contributed by atoms with E-state index in [2.05, 4.69) is 66.6 Å². The Hall–Kier alpha value is -0.773. The van der Waals surface area contributed by atoms with Gasteiger partial charge in [0.1, 0.15) is 12.1 Å². The van der Waals surface area contributed by atoms with E-state index >= 15 is 0 Å². The molecule has 0 aromatic heterocycles. The van der Waals surface area contributed by atoms with Crippen LogP contribution in [0, 0.1) is 6.42 Å². The van der Waals surface area contributed by atoms with E-state index in [0.29, 0.717) is 0 Å². The summed E-state index contributed by atoms with van der Waals surface area (Å²) in [7, 11) is 8.09. The number of quaternary nitrogens is 1. The summed E-state index contributed by atoms with van der Waals surface area (Å²) in [6.45, 7) is 3.38. The number of allylic oxidation sites excluding steroid dienone is 5. The van der Waals surface area contributed by atoms with Crippen LogP contribution in [0.5, 0.6) is 0 Å². The van der Waals surface area contributed by atoms with Crippen LogP contribution in [-0.4, -0.2) is 48.5 Å². The third-order valence-corrected chi connectivity index (χ3v) is 5.55. The van der Waals surface area contributed by atoms with E-state index in [1.165, 1.54) is 82.7 Å². The first-order valence-electron chi connectivity index (χ1n) is 11.2. The van der Waals surface area contributed by atoms with Crippen molar-refractivity contribution >= 4 is 10.2 Å². The van der Waals surface area contributed by atoms with Crippen LogP contribution in [0.1, 0.15) is 70.6 Å². The molecule has 3 heteroatoms. The lowest BCUT2D eigenvalue weighted by Gasteiger charge is -2.23. The van der Waals surface area contributed by atoms with Gasteiger partial charge >= 0.3 is 0 Å². The van der Waals surface area contributed by atoms with Crippen molar-refractivity contribution in [3.8, 4) is 0 Å². The normalized spacial score (nSPS) is 15.4. The fourth-order valence-corrected chi connectivity index (χ4v) is 3.72. The number of hydrogen-bond donors (Lipinski definition) is 1. The van der Waals surface area contributed by atoms with Gasteiger partial charge in [-0.2, -0.15) is 0 Å². The molecule has 0 saturated heterocycles. The molecule has 27 heavy (non-hydrogen) atoms. The van der Waals surface area contributed by atoms with Crippen molar-refractivity contribution in [2.45, 2.75) is 76.7 Å². The van der Waals surface area contributed by atoms with E-state index in [1.54, 1.807) is 0 Å². The summed E-state index contributed by atoms with van der Waals surface area (Å²) in [5.41, 5.74) is 1.31. The van der Waals surface area contributed by atoms with E-state index in [0.717, 1.165) is 23.6 Å². The lowest BCUT2D eigenvalue weighted by Crippen LogP contribution is -2.40. The Labute approximate surface area is 173 Å². The minimum Gasteiger partial charge on any atom is -0.311 e. The van der Waals surface area contributed by atoms with Crippen LogP contribution < -0.4 is 5.32 Å². The van der Waals surface area contributed by atoms with Crippen molar-refractivity contribution in [2.24, 2.45) is 0 Å². The maximum Gasteiger partial charge on any atom is 0.177 e. The van der Waals surface area contributed by atoms with Crippen LogP contribution in [0.2, 0.25) is 6.04 Å². The Morgan fingerprint density at radius 2 is 1.44 bits per heavy atom. The number of nitrogens with one attached hydrogen (secondary N) is 1. The molecule has 0 saturated carbocycles. The highest BCUT2D eigenvalue weighted by Crippen LogP contribution is 2.13. The maximum atomic E-state index is 3.62. The molecule has 151 valence electrons. The third kappa shape index (κ3) is 14.9. The maximum absolute atomic E-state index is 3.62. The zero-order chi connectivity index (χ0) is 19.6. The van der Waals surface area contributed by atoms with Crippen molar-refractivity contribution < 1.29 is 4.48 Å². The quantitative estimate of drug-likeness (QED) is 0.145. The highest BCUT2D eigenvalue weighted by atomic mass is 28.1. The number of rotatable bonds is 17. The molecule has 0 amide bonds. The van der Waals surface area contributed by atoms with Crippen LogP contribution in [-0.2, 0) is 0 Å². The molecule has 3 radical (unpaired) electrons. The molecular formula is C24H43N2Si+2. The van der Waals surface area contributed by atoms with Crippen molar-refractivity contribution in [2.75, 3.05) is 33.7 Å². The van der Waals surface area contributed by atoms with Gasteiger partial charge in [0.15, 0.2) is 6.20 Å². The number of unbranched alkanes of at least 4 members (excludes halogenated alkanes) is 10. The number of hydrogen-bond acceptors (Lipinski definition) is 1. The van der Waals surface area contributed by atoms with Crippen molar-refractivity contribution in [1.82, 2.24) is 5.32 Å². The van der Waals surface area contributed by atoms with Crippen LogP contribution in [0.15, 0.2) is 36.1 Å². The molecule has 0 fully saturated rings. The number of nitrogens with zero attached hydrogens (tertiary/aromatic N) is 1. The van der Waals surface area contributed by atoms with Crippen molar-refractivity contribution in [3.63, 3.8) is 0 Å². The lowest BCUT2D eigenvalue weighted by molar-refractivity contribution is -0.837. The van der Waals surface area contributed by atoms with E-state index < -0.39 is 0 Å². The van der Waals surface area contributed by atoms with E-state index in [9.17, 15) is 0 Å². The Balaban J connectivity index is 1.86. The molecule has 2 nitrogen and oxygen atoms in total. The largest absolute Gasteiger partial charge is 0.311 e. The van der Waals surface area contributed by atoms with Gasteiger partial charge in [-0.3, -0.25) is 4.48 Å². The molecule has 0 atom stereocenters. The molecule has 1 aliphatic rings. The summed E-state index contributed by atoms with van der Waals surface area (Å²) in [5, 5.41) is 3.62. The Kier molecular flexibility index (Phi) is 14.6. The smallest absolute Gasteiger partial charge is 0.177 e. The van der Waals surface area contributed by atoms with Gasteiger partial charge < -0.3 is 5.32 Å². The highest BCUT2D eigenvalue weighted by molar-refractivity contribution is 6.08. The first-order chi connectivity index (χ1) is 13.1. The summed E-state index contributed by atoms with van der Waals surface area (Å²) in [6.07, 6.45) is 28.4. The second-order valence-corrected chi connectivity index (χ2v) is 8.93. The summed E-state index contributed by atoms with van der Waals surface area (Å²) in [6, 6.07) is 1.16. The van der Waals surface area contributed by atoms with Crippen LogP contribution in [0.25, 0.3) is 0 Å². The van der Waals surface area contributed by atoms with E-state index in [-0.39, 0.29) is 0 Å². The van der Waals surface area contributed by atoms with Gasteiger partial charge in [0, 0.05) is 47.5 Å². The van der Waals surface area contributed by atoms with Gasteiger partial charge in [-0.25, -0.2) is 0 Å². The highest BCUT2D eigenvalue weighted by Gasteiger charge is 2.17. The van der Waals surface area contributed by atoms with Crippen LogP contribution in [0.4, 0.5) is 0 Å². The SMILES string of the molecule is C[N+](C)(C=C1C=CC=C[CH+]1)CCNCCCCCCCCCCCCC[Si].